The van der Waals surface area contributed by atoms with Gasteiger partial charge in [0.2, 0.25) is 5.91 Å². The molecule has 180 valence electrons. The van der Waals surface area contributed by atoms with E-state index in [0.717, 1.165) is 44.2 Å². The number of carbonyl (C=O) groups is 1. The van der Waals surface area contributed by atoms with E-state index >= 15 is 0 Å². The van der Waals surface area contributed by atoms with Crippen LogP contribution in [-0.4, -0.2) is 41.7 Å². The molecule has 1 aliphatic heterocycles. The lowest BCUT2D eigenvalue weighted by Crippen LogP contribution is -2.20. The van der Waals surface area contributed by atoms with Crippen LogP contribution in [0, 0.1) is 12.8 Å². The Labute approximate surface area is 202 Å². The molecule has 1 amide bonds. The minimum absolute atomic E-state index is 0.00957. The Morgan fingerprint density at radius 1 is 1.15 bits per heavy atom. The van der Waals surface area contributed by atoms with E-state index in [1.807, 2.05) is 11.5 Å². The molecule has 0 spiro atoms. The summed E-state index contributed by atoms with van der Waals surface area (Å²) in [6, 6.07) is 6.32. The fourth-order valence-corrected chi connectivity index (χ4v) is 5.32. The molecule has 1 saturated carbocycles. The lowest BCUT2D eigenvalue weighted by molar-refractivity contribution is -0.117. The third kappa shape index (κ3) is 4.62. The first kappa shape index (κ1) is 23.1. The van der Waals surface area contributed by atoms with Crippen LogP contribution in [0.3, 0.4) is 0 Å². The Bertz CT molecular complexity index is 1380. The van der Waals surface area contributed by atoms with Crippen LogP contribution in [0.25, 0.3) is 11.2 Å². The molecule has 1 aliphatic carbocycles. The molecule has 9 nitrogen and oxygen atoms in total. The van der Waals surface area contributed by atoms with Gasteiger partial charge < -0.3 is 15.4 Å². The van der Waals surface area contributed by atoms with Gasteiger partial charge in [0.25, 0.3) is 0 Å². The maximum absolute atomic E-state index is 12.5. The van der Waals surface area contributed by atoms with Crippen molar-refractivity contribution in [3.63, 3.8) is 0 Å². The predicted molar refractivity (Wildman–Crippen MR) is 130 cm³/mol. The molecule has 2 N–H and O–H groups in total. The van der Waals surface area contributed by atoms with Gasteiger partial charge in [0.05, 0.1) is 16.3 Å². The quantitative estimate of drug-likeness (QED) is 0.505. The molecule has 11 heteroatoms. The van der Waals surface area contributed by atoms with E-state index in [4.69, 9.17) is 26.3 Å². The van der Waals surface area contributed by atoms with Crippen LogP contribution in [0.4, 0.5) is 17.2 Å². The molecule has 3 heterocycles. The number of aromatic nitrogens is 3. The molecule has 5 rings (SSSR count). The summed E-state index contributed by atoms with van der Waals surface area (Å²) in [7, 11) is -3.56. The topological polar surface area (TPSA) is 115 Å². The summed E-state index contributed by atoms with van der Waals surface area (Å²) in [5.41, 5.74) is 2.02. The first-order chi connectivity index (χ1) is 16.2. The highest BCUT2D eigenvalue weighted by Crippen LogP contribution is 2.36. The number of nitrogens with zero attached hydrogens (tertiary/aromatic N) is 3. The van der Waals surface area contributed by atoms with Gasteiger partial charge in [0.1, 0.15) is 23.4 Å². The van der Waals surface area contributed by atoms with Gasteiger partial charge in [-0.05, 0) is 57.2 Å². The van der Waals surface area contributed by atoms with Crippen LogP contribution in [0.15, 0.2) is 29.2 Å². The second kappa shape index (κ2) is 8.83. The van der Waals surface area contributed by atoms with Crippen LogP contribution in [0.5, 0.6) is 0 Å². The van der Waals surface area contributed by atoms with Gasteiger partial charge in [0, 0.05) is 29.9 Å². The van der Waals surface area contributed by atoms with Crippen molar-refractivity contribution in [1.29, 1.82) is 0 Å². The molecule has 1 atom stereocenters. The standard InChI is InChI=1S/C23H26ClN5O4S/c1-13-25-21-17(26-16-9-8-15(24)11-18(16)34(2,31)32)12-19(28-23(30)14-6-7-14)27-22(21)29(13)20-5-3-4-10-33-20/h8-9,11-12,14,20H,3-7,10H2,1-2H3,(H2,26,27,28,30). The van der Waals surface area contributed by atoms with E-state index in [-0.39, 0.29) is 22.9 Å². The van der Waals surface area contributed by atoms with Gasteiger partial charge in [-0.2, -0.15) is 0 Å². The molecule has 2 fully saturated rings. The third-order valence-corrected chi connectivity index (χ3v) is 7.45. The highest BCUT2D eigenvalue weighted by molar-refractivity contribution is 7.90. The number of imidazole rings is 1. The molecular formula is C23H26ClN5O4S. The molecule has 0 bridgehead atoms. The van der Waals surface area contributed by atoms with E-state index in [9.17, 15) is 13.2 Å². The number of benzene rings is 1. The molecule has 2 aliphatic rings. The summed E-state index contributed by atoms with van der Waals surface area (Å²) in [4.78, 5) is 22.0. The highest BCUT2D eigenvalue weighted by atomic mass is 35.5. The summed E-state index contributed by atoms with van der Waals surface area (Å²) >= 11 is 6.07. The average molecular weight is 504 g/mol. The van der Waals surface area contributed by atoms with Gasteiger partial charge in [0.15, 0.2) is 15.5 Å². The molecule has 1 saturated heterocycles. The van der Waals surface area contributed by atoms with Crippen LogP contribution >= 0.6 is 11.6 Å². The van der Waals surface area contributed by atoms with E-state index in [0.29, 0.717) is 40.0 Å². The largest absolute Gasteiger partial charge is 0.358 e. The Morgan fingerprint density at radius 3 is 2.62 bits per heavy atom. The van der Waals surface area contributed by atoms with Crippen LogP contribution in [0.2, 0.25) is 5.02 Å². The van der Waals surface area contributed by atoms with Crippen molar-refractivity contribution in [2.45, 2.75) is 50.2 Å². The maximum Gasteiger partial charge on any atom is 0.228 e. The summed E-state index contributed by atoms with van der Waals surface area (Å²) < 4.78 is 32.8. The third-order valence-electron chi connectivity index (χ3n) is 6.08. The number of hydrogen-bond acceptors (Lipinski definition) is 7. The second-order valence-electron chi connectivity index (χ2n) is 8.88. The van der Waals surface area contributed by atoms with Crippen molar-refractivity contribution in [2.24, 2.45) is 5.92 Å². The van der Waals surface area contributed by atoms with E-state index in [2.05, 4.69) is 10.6 Å². The molecule has 34 heavy (non-hydrogen) atoms. The van der Waals surface area contributed by atoms with Crippen molar-refractivity contribution >= 4 is 55.7 Å². The van der Waals surface area contributed by atoms with Gasteiger partial charge in [-0.15, -0.1) is 0 Å². The number of fused-ring (bicyclic) bond motifs is 1. The Kier molecular flexibility index (Phi) is 5.99. The number of aryl methyl sites for hydroxylation is 1. The van der Waals surface area contributed by atoms with Crippen molar-refractivity contribution in [2.75, 3.05) is 23.5 Å². The number of amides is 1. The number of sulfone groups is 1. The lowest BCUT2D eigenvalue weighted by atomic mass is 10.2. The summed E-state index contributed by atoms with van der Waals surface area (Å²) in [6.45, 7) is 2.55. The van der Waals surface area contributed by atoms with Gasteiger partial charge in [-0.3, -0.25) is 9.36 Å². The zero-order valence-electron chi connectivity index (χ0n) is 19.0. The van der Waals surface area contributed by atoms with E-state index in [1.165, 1.54) is 6.07 Å². The van der Waals surface area contributed by atoms with Crippen LogP contribution < -0.4 is 10.6 Å². The monoisotopic (exact) mass is 503 g/mol. The Morgan fingerprint density at radius 2 is 1.94 bits per heavy atom. The fraction of sp³-hybridized carbons (Fsp3) is 0.435. The number of halogens is 1. The zero-order chi connectivity index (χ0) is 24.0. The van der Waals surface area contributed by atoms with Crippen molar-refractivity contribution in [1.82, 2.24) is 14.5 Å². The molecule has 0 radical (unpaired) electrons. The number of hydrogen-bond donors (Lipinski definition) is 2. The number of rotatable bonds is 6. The SMILES string of the molecule is Cc1nc2c(Nc3ccc(Cl)cc3S(C)(=O)=O)cc(NC(=O)C3CC3)nc2n1C1CCCCO1. The normalized spacial score (nSPS) is 18.7. The molecule has 1 aromatic carbocycles. The lowest BCUT2D eigenvalue weighted by Gasteiger charge is -2.25. The predicted octanol–water partition coefficient (Wildman–Crippen LogP) is 4.59. The number of pyridine rings is 1. The van der Waals surface area contributed by atoms with Crippen molar-refractivity contribution in [3.8, 4) is 0 Å². The van der Waals surface area contributed by atoms with Crippen molar-refractivity contribution < 1.29 is 17.9 Å². The zero-order valence-corrected chi connectivity index (χ0v) is 20.5. The molecular weight excluding hydrogens is 478 g/mol. The number of nitrogens with one attached hydrogen (secondary N) is 2. The molecule has 3 aromatic rings. The second-order valence-corrected chi connectivity index (χ2v) is 11.3. The fourth-order valence-electron chi connectivity index (χ4n) is 4.23. The molecule has 1 unspecified atom stereocenters. The summed E-state index contributed by atoms with van der Waals surface area (Å²) in [5.74, 6) is 1.04. The summed E-state index contributed by atoms with van der Waals surface area (Å²) in [6.07, 6.45) is 5.56. The Hall–Kier alpha value is -2.69. The average Bonchev–Trinajstić information content (AvgIpc) is 3.58. The van der Waals surface area contributed by atoms with Crippen molar-refractivity contribution in [3.05, 3.63) is 35.1 Å². The van der Waals surface area contributed by atoms with E-state index in [1.54, 1.807) is 18.2 Å². The summed E-state index contributed by atoms with van der Waals surface area (Å²) in [5, 5.41) is 6.43. The van der Waals surface area contributed by atoms with E-state index < -0.39 is 9.84 Å². The van der Waals surface area contributed by atoms with Gasteiger partial charge in [-0.25, -0.2) is 18.4 Å². The Balaban J connectivity index is 1.64. The highest BCUT2D eigenvalue weighted by Gasteiger charge is 2.30. The van der Waals surface area contributed by atoms with Crippen LogP contribution in [-0.2, 0) is 19.4 Å². The number of ether oxygens (including phenoxy) is 1. The van der Waals surface area contributed by atoms with Gasteiger partial charge in [-0.1, -0.05) is 11.6 Å². The minimum atomic E-state index is -3.56. The minimum Gasteiger partial charge on any atom is -0.358 e. The van der Waals surface area contributed by atoms with Crippen LogP contribution in [0.1, 0.15) is 44.2 Å². The number of carbonyl (C=O) groups excluding carboxylic acids is 1. The van der Waals surface area contributed by atoms with Gasteiger partial charge >= 0.3 is 0 Å². The smallest absolute Gasteiger partial charge is 0.228 e. The molecule has 2 aromatic heterocycles. The maximum atomic E-state index is 12.5. The number of anilines is 3. The first-order valence-corrected chi connectivity index (χ1v) is 13.6. The first-order valence-electron chi connectivity index (χ1n) is 11.3.